The van der Waals surface area contributed by atoms with Gasteiger partial charge >= 0.3 is 6.01 Å². The molecule has 2 aromatic heterocycles. The van der Waals surface area contributed by atoms with Crippen molar-refractivity contribution in [3.8, 4) is 6.01 Å². The van der Waals surface area contributed by atoms with Crippen molar-refractivity contribution in [2.75, 3.05) is 25.1 Å². The van der Waals surface area contributed by atoms with Crippen LogP contribution in [0.4, 0.5) is 5.82 Å². The molecule has 1 N–H and O–H groups in total. The molecule has 0 saturated carbocycles. The van der Waals surface area contributed by atoms with Gasteiger partial charge in [0.2, 0.25) is 0 Å². The van der Waals surface area contributed by atoms with Crippen molar-refractivity contribution in [3.63, 3.8) is 0 Å². The van der Waals surface area contributed by atoms with E-state index in [9.17, 15) is 5.11 Å². The quantitative estimate of drug-likeness (QED) is 0.912. The molecule has 1 aliphatic heterocycles. The second kappa shape index (κ2) is 5.57. The first kappa shape index (κ1) is 14.8. The van der Waals surface area contributed by atoms with Crippen LogP contribution in [0.5, 0.6) is 6.01 Å². The summed E-state index contributed by atoms with van der Waals surface area (Å²) >= 11 is 0. The van der Waals surface area contributed by atoms with E-state index in [1.807, 2.05) is 30.8 Å². The maximum atomic E-state index is 10.9. The Morgan fingerprint density at radius 1 is 1.27 bits per heavy atom. The fraction of sp³-hybridized carbons (Fsp3) is 0.533. The molecular formula is C15H21N5O2. The van der Waals surface area contributed by atoms with Gasteiger partial charge in [0, 0.05) is 57.1 Å². The normalized spacial score (nSPS) is 17.5. The number of nitrogens with zero attached hydrogens (tertiary/aromatic N) is 5. The first-order chi connectivity index (χ1) is 10.5. The number of ether oxygens (including phenoxy) is 1. The number of aliphatic hydroxyl groups is 1. The zero-order valence-corrected chi connectivity index (χ0v) is 13.2. The Bertz CT molecular complexity index is 662. The van der Waals surface area contributed by atoms with Crippen LogP contribution in [0.25, 0.3) is 0 Å². The topological polar surface area (TPSA) is 76.3 Å². The van der Waals surface area contributed by atoms with Crippen LogP contribution >= 0.6 is 0 Å². The van der Waals surface area contributed by atoms with Crippen molar-refractivity contribution < 1.29 is 9.84 Å². The molecule has 0 aromatic carbocycles. The number of anilines is 1. The van der Waals surface area contributed by atoms with Crippen LogP contribution < -0.4 is 9.64 Å². The van der Waals surface area contributed by atoms with E-state index in [0.29, 0.717) is 31.9 Å². The van der Waals surface area contributed by atoms with Crippen molar-refractivity contribution in [3.05, 3.63) is 30.0 Å². The average molecular weight is 303 g/mol. The van der Waals surface area contributed by atoms with E-state index < -0.39 is 5.60 Å². The van der Waals surface area contributed by atoms with Gasteiger partial charge in [0.25, 0.3) is 0 Å². The minimum atomic E-state index is -0.874. The fourth-order valence-corrected chi connectivity index (χ4v) is 2.92. The van der Waals surface area contributed by atoms with E-state index in [4.69, 9.17) is 4.74 Å². The van der Waals surface area contributed by atoms with Crippen LogP contribution in [0, 0.1) is 6.92 Å². The lowest BCUT2D eigenvalue weighted by molar-refractivity contribution is 0.000659. The first-order valence-electron chi connectivity index (χ1n) is 7.37. The molecule has 22 heavy (non-hydrogen) atoms. The van der Waals surface area contributed by atoms with Gasteiger partial charge in [-0.3, -0.25) is 0 Å². The molecule has 2 aromatic rings. The number of piperidine rings is 1. The maximum absolute atomic E-state index is 10.9. The van der Waals surface area contributed by atoms with Gasteiger partial charge in [-0.15, -0.1) is 0 Å². The van der Waals surface area contributed by atoms with Crippen LogP contribution in [-0.2, 0) is 12.6 Å². The third kappa shape index (κ3) is 2.64. The second-order valence-corrected chi connectivity index (χ2v) is 5.73. The summed E-state index contributed by atoms with van der Waals surface area (Å²) < 4.78 is 7.01. The minimum Gasteiger partial charge on any atom is -0.467 e. The number of hydrogen-bond acceptors (Lipinski definition) is 6. The van der Waals surface area contributed by atoms with Gasteiger partial charge in [0.15, 0.2) is 0 Å². The zero-order valence-electron chi connectivity index (χ0n) is 13.2. The van der Waals surface area contributed by atoms with Gasteiger partial charge in [-0.05, 0) is 6.92 Å². The SMILES string of the molecule is COc1nc(C)cc(N2CCC(O)(c3nccn3C)CC2)n1. The summed E-state index contributed by atoms with van der Waals surface area (Å²) in [5, 5.41) is 10.9. The lowest BCUT2D eigenvalue weighted by atomic mass is 9.90. The Kier molecular flexibility index (Phi) is 3.74. The van der Waals surface area contributed by atoms with Crippen molar-refractivity contribution in [2.24, 2.45) is 7.05 Å². The number of aryl methyl sites for hydroxylation is 2. The Morgan fingerprint density at radius 2 is 2.00 bits per heavy atom. The van der Waals surface area contributed by atoms with Gasteiger partial charge in [-0.1, -0.05) is 0 Å². The summed E-state index contributed by atoms with van der Waals surface area (Å²) in [4.78, 5) is 15.0. The van der Waals surface area contributed by atoms with E-state index in [0.717, 1.165) is 17.3 Å². The summed E-state index contributed by atoms with van der Waals surface area (Å²) in [7, 11) is 3.47. The van der Waals surface area contributed by atoms with Gasteiger partial charge in [-0.25, -0.2) is 9.97 Å². The molecule has 3 heterocycles. The zero-order chi connectivity index (χ0) is 15.7. The summed E-state index contributed by atoms with van der Waals surface area (Å²) in [6.07, 6.45) is 4.81. The highest BCUT2D eigenvalue weighted by Crippen LogP contribution is 2.33. The molecule has 3 rings (SSSR count). The Hall–Kier alpha value is -2.15. The molecule has 7 nitrogen and oxygen atoms in total. The molecular weight excluding hydrogens is 282 g/mol. The third-order valence-corrected chi connectivity index (χ3v) is 4.15. The Morgan fingerprint density at radius 3 is 2.59 bits per heavy atom. The summed E-state index contributed by atoms with van der Waals surface area (Å²) in [6, 6.07) is 2.31. The van der Waals surface area contributed by atoms with Crippen LogP contribution in [-0.4, -0.2) is 44.8 Å². The van der Waals surface area contributed by atoms with Crippen molar-refractivity contribution in [2.45, 2.75) is 25.4 Å². The number of methoxy groups -OCH3 is 1. The van der Waals surface area contributed by atoms with E-state index in [1.165, 1.54) is 0 Å². The average Bonchev–Trinajstić information content (AvgIpc) is 2.94. The largest absolute Gasteiger partial charge is 0.467 e. The molecule has 0 amide bonds. The molecule has 1 aliphatic rings. The van der Waals surface area contributed by atoms with Crippen LogP contribution in [0.1, 0.15) is 24.4 Å². The summed E-state index contributed by atoms with van der Waals surface area (Å²) in [5.74, 6) is 1.56. The van der Waals surface area contributed by atoms with Crippen molar-refractivity contribution in [1.29, 1.82) is 0 Å². The number of aromatic nitrogens is 4. The Balaban J connectivity index is 1.77. The number of imidazole rings is 1. The van der Waals surface area contributed by atoms with Crippen LogP contribution in [0.2, 0.25) is 0 Å². The molecule has 7 heteroatoms. The Labute approximate surface area is 129 Å². The van der Waals surface area contributed by atoms with E-state index >= 15 is 0 Å². The van der Waals surface area contributed by atoms with Gasteiger partial charge in [0.1, 0.15) is 17.2 Å². The lowest BCUT2D eigenvalue weighted by Crippen LogP contribution is -2.44. The summed E-state index contributed by atoms with van der Waals surface area (Å²) in [5.41, 5.74) is -0.00670. The van der Waals surface area contributed by atoms with Crippen LogP contribution in [0.15, 0.2) is 18.5 Å². The lowest BCUT2D eigenvalue weighted by Gasteiger charge is -2.38. The first-order valence-corrected chi connectivity index (χ1v) is 7.37. The van der Waals surface area contributed by atoms with Gasteiger partial charge in [-0.2, -0.15) is 4.98 Å². The molecule has 0 unspecified atom stereocenters. The number of rotatable bonds is 3. The highest BCUT2D eigenvalue weighted by Gasteiger charge is 2.37. The third-order valence-electron chi connectivity index (χ3n) is 4.15. The van der Waals surface area contributed by atoms with Crippen LogP contribution in [0.3, 0.4) is 0 Å². The van der Waals surface area contributed by atoms with E-state index in [-0.39, 0.29) is 0 Å². The van der Waals surface area contributed by atoms with Crippen molar-refractivity contribution >= 4 is 5.82 Å². The highest BCUT2D eigenvalue weighted by atomic mass is 16.5. The van der Waals surface area contributed by atoms with Gasteiger partial charge < -0.3 is 19.3 Å². The highest BCUT2D eigenvalue weighted by molar-refractivity contribution is 5.41. The van der Waals surface area contributed by atoms with E-state index in [2.05, 4.69) is 19.9 Å². The van der Waals surface area contributed by atoms with Crippen molar-refractivity contribution in [1.82, 2.24) is 19.5 Å². The number of hydrogen-bond donors (Lipinski definition) is 1. The molecule has 0 radical (unpaired) electrons. The fourth-order valence-electron chi connectivity index (χ4n) is 2.92. The predicted octanol–water partition coefficient (Wildman–Crippen LogP) is 1.02. The second-order valence-electron chi connectivity index (χ2n) is 5.73. The molecule has 0 atom stereocenters. The molecule has 0 aliphatic carbocycles. The predicted molar refractivity (Wildman–Crippen MR) is 81.9 cm³/mol. The molecule has 1 saturated heterocycles. The summed E-state index contributed by atoms with van der Waals surface area (Å²) in [6.45, 7) is 3.34. The monoisotopic (exact) mass is 303 g/mol. The molecule has 0 spiro atoms. The van der Waals surface area contributed by atoms with E-state index in [1.54, 1.807) is 13.3 Å². The standard InChI is InChI=1S/C15H21N5O2/c1-11-10-12(18-14(17-11)22-3)20-7-4-15(21,5-8-20)13-16-6-9-19(13)2/h6,9-10,21H,4-5,7-8H2,1-3H3. The molecule has 0 bridgehead atoms. The smallest absolute Gasteiger partial charge is 0.318 e. The maximum Gasteiger partial charge on any atom is 0.318 e. The minimum absolute atomic E-state index is 0.375. The van der Waals surface area contributed by atoms with Gasteiger partial charge in [0.05, 0.1) is 7.11 Å². The molecule has 118 valence electrons. The molecule has 1 fully saturated rings.